The Morgan fingerprint density at radius 2 is 1.57 bits per heavy atom. The highest BCUT2D eigenvalue weighted by molar-refractivity contribution is 6.43. The van der Waals surface area contributed by atoms with Crippen LogP contribution < -0.4 is 5.32 Å². The van der Waals surface area contributed by atoms with Crippen molar-refractivity contribution < 1.29 is 0 Å². The molecule has 1 N–H and O–H groups in total. The van der Waals surface area contributed by atoms with Gasteiger partial charge in [-0.1, -0.05) is 74.2 Å². The summed E-state index contributed by atoms with van der Waals surface area (Å²) in [5.41, 5.74) is 1.01. The third-order valence-electron chi connectivity index (χ3n) is 5.37. The van der Waals surface area contributed by atoms with Gasteiger partial charge < -0.3 is 5.32 Å². The van der Waals surface area contributed by atoms with Crippen molar-refractivity contribution in [2.45, 2.75) is 63.8 Å². The first-order chi connectivity index (χ1) is 10.3. The van der Waals surface area contributed by atoms with Gasteiger partial charge in [0.25, 0.3) is 0 Å². The summed E-state index contributed by atoms with van der Waals surface area (Å²) in [6, 6.07) is 6.46. The van der Waals surface area contributed by atoms with E-state index in [9.17, 15) is 0 Å². The molecule has 0 aliphatic heterocycles. The van der Waals surface area contributed by atoms with Crippen LogP contribution in [0.5, 0.6) is 0 Å². The maximum absolute atomic E-state index is 6.35. The lowest BCUT2D eigenvalue weighted by Gasteiger charge is -2.40. The molecule has 1 aromatic rings. The fourth-order valence-corrected chi connectivity index (χ4v) is 4.64. The number of benzene rings is 1. The molecule has 0 aromatic heterocycles. The second kappa shape index (κ2) is 7.24. The minimum Gasteiger partial charge on any atom is -0.381 e. The lowest BCUT2D eigenvalue weighted by Crippen LogP contribution is -2.37. The van der Waals surface area contributed by atoms with E-state index in [1.807, 2.05) is 12.1 Å². The SMILES string of the molecule is Clc1cccc(NC2CCCCC2C2CCCCC2)c1Cl. The van der Waals surface area contributed by atoms with E-state index < -0.39 is 0 Å². The molecule has 0 amide bonds. The molecule has 0 heterocycles. The summed E-state index contributed by atoms with van der Waals surface area (Å²) >= 11 is 12.5. The van der Waals surface area contributed by atoms with Crippen LogP contribution in [-0.2, 0) is 0 Å². The molecule has 2 fully saturated rings. The molecule has 2 aliphatic rings. The van der Waals surface area contributed by atoms with E-state index in [1.54, 1.807) is 0 Å². The van der Waals surface area contributed by atoms with Crippen molar-refractivity contribution in [1.82, 2.24) is 0 Å². The molecule has 0 saturated heterocycles. The number of anilines is 1. The fraction of sp³-hybridized carbons (Fsp3) is 0.667. The van der Waals surface area contributed by atoms with E-state index >= 15 is 0 Å². The Hall–Kier alpha value is -0.400. The normalized spacial score (nSPS) is 27.5. The summed E-state index contributed by atoms with van der Waals surface area (Å²) in [5, 5.41) is 5.04. The highest BCUT2D eigenvalue weighted by atomic mass is 35.5. The molecule has 0 bridgehead atoms. The van der Waals surface area contributed by atoms with Gasteiger partial charge in [0.2, 0.25) is 0 Å². The van der Waals surface area contributed by atoms with E-state index in [4.69, 9.17) is 23.2 Å². The maximum atomic E-state index is 6.35. The molecular weight excluding hydrogens is 301 g/mol. The zero-order valence-corrected chi connectivity index (χ0v) is 14.1. The lowest BCUT2D eigenvalue weighted by atomic mass is 9.71. The number of rotatable bonds is 3. The first-order valence-electron chi connectivity index (χ1n) is 8.46. The monoisotopic (exact) mass is 325 g/mol. The van der Waals surface area contributed by atoms with Crippen molar-refractivity contribution in [3.05, 3.63) is 28.2 Å². The average molecular weight is 326 g/mol. The molecule has 2 unspecified atom stereocenters. The van der Waals surface area contributed by atoms with Gasteiger partial charge in [-0.2, -0.15) is 0 Å². The van der Waals surface area contributed by atoms with Crippen molar-refractivity contribution >= 4 is 28.9 Å². The third kappa shape index (κ3) is 3.68. The lowest BCUT2D eigenvalue weighted by molar-refractivity contribution is 0.180. The van der Waals surface area contributed by atoms with Crippen molar-refractivity contribution in [1.29, 1.82) is 0 Å². The summed E-state index contributed by atoms with van der Waals surface area (Å²) in [6.07, 6.45) is 12.5. The minimum absolute atomic E-state index is 0.567. The smallest absolute Gasteiger partial charge is 0.0823 e. The van der Waals surface area contributed by atoms with Crippen LogP contribution in [0.25, 0.3) is 0 Å². The molecule has 2 aliphatic carbocycles. The number of hydrogen-bond donors (Lipinski definition) is 1. The van der Waals surface area contributed by atoms with Crippen LogP contribution in [0.3, 0.4) is 0 Å². The highest BCUT2D eigenvalue weighted by Crippen LogP contribution is 2.40. The number of nitrogens with one attached hydrogen (secondary N) is 1. The van der Waals surface area contributed by atoms with Crippen molar-refractivity contribution in [2.75, 3.05) is 5.32 Å². The van der Waals surface area contributed by atoms with E-state index in [2.05, 4.69) is 11.4 Å². The predicted molar refractivity (Wildman–Crippen MR) is 92.4 cm³/mol. The van der Waals surface area contributed by atoms with Gasteiger partial charge in [-0.3, -0.25) is 0 Å². The summed E-state index contributed by atoms with van der Waals surface area (Å²) in [6.45, 7) is 0. The van der Waals surface area contributed by atoms with E-state index in [-0.39, 0.29) is 0 Å². The Kier molecular flexibility index (Phi) is 5.34. The molecule has 1 nitrogen and oxygen atoms in total. The molecule has 0 spiro atoms. The van der Waals surface area contributed by atoms with E-state index in [0.29, 0.717) is 16.1 Å². The van der Waals surface area contributed by atoms with Crippen LogP contribution in [0.1, 0.15) is 57.8 Å². The summed E-state index contributed by atoms with van der Waals surface area (Å²) in [4.78, 5) is 0. The Balaban J connectivity index is 1.73. The summed E-state index contributed by atoms with van der Waals surface area (Å²) in [7, 11) is 0. The number of hydrogen-bond acceptors (Lipinski definition) is 1. The van der Waals surface area contributed by atoms with Gasteiger partial charge in [0.05, 0.1) is 15.7 Å². The van der Waals surface area contributed by atoms with Crippen LogP contribution in [0, 0.1) is 11.8 Å². The van der Waals surface area contributed by atoms with Crippen LogP contribution in [0.2, 0.25) is 10.0 Å². The predicted octanol–water partition coefficient (Wildman–Crippen LogP) is 6.54. The zero-order valence-electron chi connectivity index (χ0n) is 12.6. The summed E-state index contributed by atoms with van der Waals surface area (Å²) < 4.78 is 0. The van der Waals surface area contributed by atoms with Gasteiger partial charge in [-0.25, -0.2) is 0 Å². The van der Waals surface area contributed by atoms with Crippen LogP contribution in [0.4, 0.5) is 5.69 Å². The average Bonchev–Trinajstić information content (AvgIpc) is 2.53. The Labute approximate surface area is 138 Å². The van der Waals surface area contributed by atoms with Crippen LogP contribution >= 0.6 is 23.2 Å². The van der Waals surface area contributed by atoms with Gasteiger partial charge in [0.1, 0.15) is 0 Å². The second-order valence-electron chi connectivity index (χ2n) is 6.70. The second-order valence-corrected chi connectivity index (χ2v) is 7.48. The molecule has 2 atom stereocenters. The van der Waals surface area contributed by atoms with Crippen molar-refractivity contribution in [3.8, 4) is 0 Å². The molecular formula is C18H25Cl2N. The molecule has 1 aromatic carbocycles. The third-order valence-corrected chi connectivity index (χ3v) is 6.19. The van der Waals surface area contributed by atoms with Crippen molar-refractivity contribution in [2.24, 2.45) is 11.8 Å². The Morgan fingerprint density at radius 1 is 0.857 bits per heavy atom. The van der Waals surface area contributed by atoms with E-state index in [1.165, 1.54) is 57.8 Å². The minimum atomic E-state index is 0.567. The fourth-order valence-electron chi connectivity index (χ4n) is 4.28. The van der Waals surface area contributed by atoms with Crippen LogP contribution in [0.15, 0.2) is 18.2 Å². The van der Waals surface area contributed by atoms with Gasteiger partial charge >= 0.3 is 0 Å². The topological polar surface area (TPSA) is 12.0 Å². The van der Waals surface area contributed by atoms with Gasteiger partial charge in [0, 0.05) is 6.04 Å². The van der Waals surface area contributed by atoms with Gasteiger partial charge in [0.15, 0.2) is 0 Å². The first kappa shape index (κ1) is 15.5. The zero-order chi connectivity index (χ0) is 14.7. The molecule has 116 valence electrons. The van der Waals surface area contributed by atoms with Gasteiger partial charge in [-0.05, 0) is 36.8 Å². The van der Waals surface area contributed by atoms with Crippen molar-refractivity contribution in [3.63, 3.8) is 0 Å². The largest absolute Gasteiger partial charge is 0.381 e. The standard InChI is InChI=1S/C18H25Cl2N/c19-15-10-6-12-17(18(15)20)21-16-11-5-4-9-14(16)13-7-2-1-3-8-13/h6,10,12-14,16,21H,1-5,7-9,11H2. The summed E-state index contributed by atoms with van der Waals surface area (Å²) in [5.74, 6) is 1.73. The molecule has 3 rings (SSSR count). The molecule has 0 radical (unpaired) electrons. The van der Waals surface area contributed by atoms with Crippen LogP contribution in [-0.4, -0.2) is 6.04 Å². The Bertz CT molecular complexity index is 468. The van der Waals surface area contributed by atoms with E-state index in [0.717, 1.165) is 17.5 Å². The molecule has 21 heavy (non-hydrogen) atoms. The quantitative estimate of drug-likeness (QED) is 0.664. The highest BCUT2D eigenvalue weighted by Gasteiger charge is 2.32. The number of halogens is 2. The molecule has 2 saturated carbocycles. The maximum Gasteiger partial charge on any atom is 0.0823 e. The molecule has 3 heteroatoms. The van der Waals surface area contributed by atoms with Gasteiger partial charge in [-0.15, -0.1) is 0 Å². The Morgan fingerprint density at radius 3 is 2.38 bits per heavy atom. The first-order valence-corrected chi connectivity index (χ1v) is 9.22.